The molecule has 1 N–H and O–H groups in total. The highest BCUT2D eigenvalue weighted by Crippen LogP contribution is 2.31. The van der Waals surface area contributed by atoms with Gasteiger partial charge >= 0.3 is 0 Å². The summed E-state index contributed by atoms with van der Waals surface area (Å²) in [6.07, 6.45) is 9.88. The molecule has 0 spiro atoms. The Morgan fingerprint density at radius 3 is 2.38 bits per heavy atom. The molecule has 3 nitrogen and oxygen atoms in total. The molecule has 0 aromatic carbocycles. The molecule has 21 heavy (non-hydrogen) atoms. The van der Waals surface area contributed by atoms with E-state index < -0.39 is 0 Å². The summed E-state index contributed by atoms with van der Waals surface area (Å²) >= 11 is 0. The van der Waals surface area contributed by atoms with Gasteiger partial charge in [-0.15, -0.1) is 12.4 Å². The molecule has 1 unspecified atom stereocenters. The summed E-state index contributed by atoms with van der Waals surface area (Å²) in [5.41, 5.74) is 0. The quantitative estimate of drug-likeness (QED) is 0.811. The van der Waals surface area contributed by atoms with Gasteiger partial charge in [0, 0.05) is 18.5 Å². The highest BCUT2D eigenvalue weighted by atomic mass is 35.5. The highest BCUT2D eigenvalue weighted by molar-refractivity contribution is 5.85. The van der Waals surface area contributed by atoms with Gasteiger partial charge in [-0.05, 0) is 44.7 Å². The third-order valence-corrected chi connectivity index (χ3v) is 5.08. The Morgan fingerprint density at radius 1 is 1.19 bits per heavy atom. The molecule has 0 bridgehead atoms. The molecule has 4 heteroatoms. The third-order valence-electron chi connectivity index (χ3n) is 5.08. The van der Waals surface area contributed by atoms with Crippen molar-refractivity contribution in [1.82, 2.24) is 10.2 Å². The van der Waals surface area contributed by atoms with Gasteiger partial charge in [0.25, 0.3) is 0 Å². The summed E-state index contributed by atoms with van der Waals surface area (Å²) < 4.78 is 0. The van der Waals surface area contributed by atoms with Crippen molar-refractivity contribution in [2.45, 2.75) is 71.3 Å². The van der Waals surface area contributed by atoms with Gasteiger partial charge in [0.1, 0.15) is 0 Å². The van der Waals surface area contributed by atoms with Gasteiger partial charge in [-0.1, -0.05) is 39.5 Å². The predicted octanol–water partition coefficient (Wildman–Crippen LogP) is 3.62. The summed E-state index contributed by atoms with van der Waals surface area (Å²) in [6.45, 7) is 7.41. The molecule has 1 aliphatic heterocycles. The Bertz CT molecular complexity index is 299. The van der Waals surface area contributed by atoms with Crippen LogP contribution in [0.5, 0.6) is 0 Å². The highest BCUT2D eigenvalue weighted by Gasteiger charge is 2.29. The molecule has 0 radical (unpaired) electrons. The van der Waals surface area contributed by atoms with E-state index in [9.17, 15) is 4.79 Å². The number of rotatable bonds is 6. The molecular weight excluding hydrogens is 284 g/mol. The Morgan fingerprint density at radius 2 is 1.81 bits per heavy atom. The molecule has 2 rings (SSSR count). The van der Waals surface area contributed by atoms with E-state index >= 15 is 0 Å². The number of hydrogen-bond acceptors (Lipinski definition) is 2. The van der Waals surface area contributed by atoms with Gasteiger partial charge in [0.15, 0.2) is 0 Å². The first-order chi connectivity index (χ1) is 9.72. The summed E-state index contributed by atoms with van der Waals surface area (Å²) in [6, 6.07) is 0.481. The summed E-state index contributed by atoms with van der Waals surface area (Å²) in [5, 5.41) is 3.40. The van der Waals surface area contributed by atoms with E-state index in [0.29, 0.717) is 11.9 Å². The van der Waals surface area contributed by atoms with Gasteiger partial charge in [-0.25, -0.2) is 0 Å². The molecule has 1 aliphatic carbocycles. The molecule has 1 amide bonds. The topological polar surface area (TPSA) is 32.3 Å². The van der Waals surface area contributed by atoms with Crippen LogP contribution in [0.15, 0.2) is 0 Å². The first-order valence-electron chi connectivity index (χ1n) is 8.73. The van der Waals surface area contributed by atoms with Crippen LogP contribution in [0, 0.1) is 11.8 Å². The Hall–Kier alpha value is -0.280. The minimum Gasteiger partial charge on any atom is -0.339 e. The average molecular weight is 317 g/mol. The van der Waals surface area contributed by atoms with E-state index in [0.717, 1.165) is 51.2 Å². The number of nitrogens with zero attached hydrogens (tertiary/aromatic N) is 1. The van der Waals surface area contributed by atoms with E-state index in [-0.39, 0.29) is 18.3 Å². The van der Waals surface area contributed by atoms with Crippen LogP contribution in [0.3, 0.4) is 0 Å². The lowest BCUT2D eigenvalue weighted by atomic mass is 9.92. The number of carbonyl (C=O) groups excluding carboxylic acids is 1. The smallest absolute Gasteiger partial charge is 0.225 e. The Kier molecular flexibility index (Phi) is 8.65. The van der Waals surface area contributed by atoms with Crippen molar-refractivity contribution in [2.75, 3.05) is 19.6 Å². The van der Waals surface area contributed by atoms with Crippen molar-refractivity contribution >= 4 is 18.3 Å². The number of nitrogens with one attached hydrogen (secondary N) is 1. The second-order valence-electron chi connectivity index (χ2n) is 6.80. The van der Waals surface area contributed by atoms with Crippen molar-refractivity contribution in [2.24, 2.45) is 11.8 Å². The van der Waals surface area contributed by atoms with Crippen LogP contribution in [0.4, 0.5) is 0 Å². The molecule has 1 heterocycles. The molecule has 2 aliphatic rings. The van der Waals surface area contributed by atoms with E-state index in [2.05, 4.69) is 24.1 Å². The molecular formula is C17H33ClN2O. The lowest BCUT2D eigenvalue weighted by molar-refractivity contribution is -0.138. The minimum absolute atomic E-state index is 0. The maximum Gasteiger partial charge on any atom is 0.225 e. The van der Waals surface area contributed by atoms with Crippen molar-refractivity contribution in [3.8, 4) is 0 Å². The van der Waals surface area contributed by atoms with Crippen LogP contribution >= 0.6 is 12.4 Å². The van der Waals surface area contributed by atoms with E-state index in [1.165, 1.54) is 25.7 Å². The fourth-order valence-electron chi connectivity index (χ4n) is 3.96. The van der Waals surface area contributed by atoms with Gasteiger partial charge in [-0.2, -0.15) is 0 Å². The molecule has 124 valence electrons. The van der Waals surface area contributed by atoms with Crippen molar-refractivity contribution < 1.29 is 4.79 Å². The van der Waals surface area contributed by atoms with Crippen molar-refractivity contribution in [3.63, 3.8) is 0 Å². The first-order valence-corrected chi connectivity index (χ1v) is 8.73. The maximum absolute atomic E-state index is 12.8. The fourth-order valence-corrected chi connectivity index (χ4v) is 3.96. The molecule has 1 saturated heterocycles. The SMILES string of the molecule is CCCN(C(=O)C(C)CC1CCCC1)C1CCNCC1.Cl. The van der Waals surface area contributed by atoms with Gasteiger partial charge < -0.3 is 10.2 Å². The average Bonchev–Trinajstić information content (AvgIpc) is 2.98. The first kappa shape index (κ1) is 18.8. The van der Waals surface area contributed by atoms with E-state index in [1.54, 1.807) is 0 Å². The predicted molar refractivity (Wildman–Crippen MR) is 90.9 cm³/mol. The third kappa shape index (κ3) is 5.45. The Balaban J connectivity index is 0.00000220. The zero-order chi connectivity index (χ0) is 14.4. The van der Waals surface area contributed by atoms with Crippen LogP contribution in [0.25, 0.3) is 0 Å². The van der Waals surface area contributed by atoms with Crippen LogP contribution in [0.1, 0.15) is 65.2 Å². The largest absolute Gasteiger partial charge is 0.339 e. The number of amides is 1. The summed E-state index contributed by atoms with van der Waals surface area (Å²) in [4.78, 5) is 15.0. The monoisotopic (exact) mass is 316 g/mol. The number of piperidine rings is 1. The lowest BCUT2D eigenvalue weighted by Crippen LogP contribution is -2.48. The second kappa shape index (κ2) is 9.68. The standard InChI is InChI=1S/C17H32N2O.ClH/c1-3-12-19(16-8-10-18-11-9-16)17(20)14(2)13-15-6-4-5-7-15;/h14-16,18H,3-13H2,1-2H3;1H. The molecule has 0 aromatic heterocycles. The van der Waals surface area contributed by atoms with E-state index in [1.807, 2.05) is 0 Å². The molecule has 0 aromatic rings. The van der Waals surface area contributed by atoms with Crippen LogP contribution in [-0.2, 0) is 4.79 Å². The maximum atomic E-state index is 12.8. The lowest BCUT2D eigenvalue weighted by Gasteiger charge is -2.36. The van der Waals surface area contributed by atoms with Gasteiger partial charge in [0.2, 0.25) is 5.91 Å². The fraction of sp³-hybridized carbons (Fsp3) is 0.941. The minimum atomic E-state index is 0. The molecule has 1 atom stereocenters. The number of hydrogen-bond donors (Lipinski definition) is 1. The number of halogens is 1. The molecule has 1 saturated carbocycles. The molecule has 2 fully saturated rings. The van der Waals surface area contributed by atoms with Crippen molar-refractivity contribution in [1.29, 1.82) is 0 Å². The Labute approximate surface area is 136 Å². The van der Waals surface area contributed by atoms with Crippen LogP contribution in [0.2, 0.25) is 0 Å². The summed E-state index contributed by atoms with van der Waals surface area (Å²) in [7, 11) is 0. The number of carbonyl (C=O) groups is 1. The van der Waals surface area contributed by atoms with Crippen LogP contribution in [-0.4, -0.2) is 36.5 Å². The normalized spacial score (nSPS) is 21.8. The van der Waals surface area contributed by atoms with E-state index in [4.69, 9.17) is 0 Å². The van der Waals surface area contributed by atoms with Crippen LogP contribution < -0.4 is 5.32 Å². The summed E-state index contributed by atoms with van der Waals surface area (Å²) in [5.74, 6) is 1.45. The zero-order valence-electron chi connectivity index (χ0n) is 13.8. The zero-order valence-corrected chi connectivity index (χ0v) is 14.6. The van der Waals surface area contributed by atoms with Gasteiger partial charge in [0.05, 0.1) is 0 Å². The second-order valence-corrected chi connectivity index (χ2v) is 6.80. The van der Waals surface area contributed by atoms with Gasteiger partial charge in [-0.3, -0.25) is 4.79 Å². The van der Waals surface area contributed by atoms with Crippen molar-refractivity contribution in [3.05, 3.63) is 0 Å².